The molecule has 2 aliphatic rings. The Morgan fingerprint density at radius 3 is 2.32 bits per heavy atom. The average Bonchev–Trinajstić information content (AvgIpc) is 3.03. The summed E-state index contributed by atoms with van der Waals surface area (Å²) >= 11 is 0. The molecule has 1 aromatic rings. The molecule has 2 aliphatic heterocycles. The lowest BCUT2D eigenvalue weighted by atomic mass is 9.92. The standard InChI is InChI=1S/C16H26N4O.ClH/c1-16(2,3)20-11-14(10-18-20)15(21)19-6-4-12-8-17-9-13(12)5-7-19;/h10-13,17H,4-9H2,1-3H3;1H/t12-,13+;. The van der Waals surface area contributed by atoms with Gasteiger partial charge in [0.15, 0.2) is 0 Å². The van der Waals surface area contributed by atoms with E-state index in [2.05, 4.69) is 31.2 Å². The molecule has 2 saturated heterocycles. The number of likely N-dealkylation sites (tertiary alicyclic amines) is 1. The number of hydrogen-bond acceptors (Lipinski definition) is 3. The number of nitrogens with one attached hydrogen (secondary N) is 1. The summed E-state index contributed by atoms with van der Waals surface area (Å²) < 4.78 is 1.87. The van der Waals surface area contributed by atoms with E-state index in [4.69, 9.17) is 0 Å². The second-order valence-electron chi connectivity index (χ2n) is 7.39. The number of fused-ring (bicyclic) bond motifs is 1. The highest BCUT2D eigenvalue weighted by Gasteiger charge is 2.32. The predicted octanol–water partition coefficient (Wildman–Crippen LogP) is 2.13. The van der Waals surface area contributed by atoms with Crippen LogP contribution in [0.25, 0.3) is 0 Å². The third-order valence-corrected chi connectivity index (χ3v) is 4.82. The number of amides is 1. The van der Waals surface area contributed by atoms with Gasteiger partial charge in [-0.05, 0) is 58.5 Å². The Balaban J connectivity index is 0.00000176. The number of rotatable bonds is 1. The van der Waals surface area contributed by atoms with Crippen molar-refractivity contribution in [2.45, 2.75) is 39.2 Å². The van der Waals surface area contributed by atoms with Gasteiger partial charge in [0.05, 0.1) is 17.3 Å². The van der Waals surface area contributed by atoms with Crippen molar-refractivity contribution < 1.29 is 4.79 Å². The van der Waals surface area contributed by atoms with Gasteiger partial charge in [-0.15, -0.1) is 12.4 Å². The molecule has 124 valence electrons. The second-order valence-corrected chi connectivity index (χ2v) is 7.39. The van der Waals surface area contributed by atoms with Crippen LogP contribution in [0.15, 0.2) is 12.4 Å². The lowest BCUT2D eigenvalue weighted by Gasteiger charge is -2.21. The predicted molar refractivity (Wildman–Crippen MR) is 89.5 cm³/mol. The smallest absolute Gasteiger partial charge is 0.257 e. The summed E-state index contributed by atoms with van der Waals surface area (Å²) in [5.74, 6) is 1.64. The molecule has 1 N–H and O–H groups in total. The third-order valence-electron chi connectivity index (χ3n) is 4.82. The van der Waals surface area contributed by atoms with E-state index in [1.54, 1.807) is 6.20 Å². The number of hydrogen-bond donors (Lipinski definition) is 1. The summed E-state index contributed by atoms with van der Waals surface area (Å²) in [4.78, 5) is 14.7. The first kappa shape index (κ1) is 17.3. The summed E-state index contributed by atoms with van der Waals surface area (Å²) in [6.45, 7) is 10.3. The van der Waals surface area contributed by atoms with Gasteiger partial charge in [0.25, 0.3) is 5.91 Å². The quantitative estimate of drug-likeness (QED) is 0.860. The van der Waals surface area contributed by atoms with Crippen molar-refractivity contribution in [1.82, 2.24) is 20.0 Å². The fourth-order valence-electron chi connectivity index (χ4n) is 3.40. The van der Waals surface area contributed by atoms with E-state index in [-0.39, 0.29) is 23.9 Å². The van der Waals surface area contributed by atoms with E-state index in [1.807, 2.05) is 15.8 Å². The van der Waals surface area contributed by atoms with Gasteiger partial charge in [0.2, 0.25) is 0 Å². The topological polar surface area (TPSA) is 50.2 Å². The molecule has 3 rings (SSSR count). The van der Waals surface area contributed by atoms with Crippen LogP contribution in [-0.2, 0) is 5.54 Å². The van der Waals surface area contributed by atoms with Crippen LogP contribution in [0.1, 0.15) is 44.0 Å². The Morgan fingerprint density at radius 2 is 1.82 bits per heavy atom. The van der Waals surface area contributed by atoms with Crippen molar-refractivity contribution in [3.63, 3.8) is 0 Å². The van der Waals surface area contributed by atoms with E-state index in [1.165, 1.54) is 0 Å². The maximum absolute atomic E-state index is 12.7. The van der Waals surface area contributed by atoms with Gasteiger partial charge >= 0.3 is 0 Å². The molecular weight excluding hydrogens is 300 g/mol. The van der Waals surface area contributed by atoms with E-state index in [9.17, 15) is 4.79 Å². The van der Waals surface area contributed by atoms with Crippen molar-refractivity contribution in [3.05, 3.63) is 18.0 Å². The second kappa shape index (κ2) is 6.59. The van der Waals surface area contributed by atoms with Gasteiger partial charge in [0.1, 0.15) is 0 Å². The Morgan fingerprint density at radius 1 is 1.23 bits per heavy atom. The number of carbonyl (C=O) groups is 1. The highest BCUT2D eigenvalue weighted by molar-refractivity contribution is 5.93. The van der Waals surface area contributed by atoms with Crippen LogP contribution in [0, 0.1) is 11.8 Å². The van der Waals surface area contributed by atoms with Crippen molar-refractivity contribution in [1.29, 1.82) is 0 Å². The van der Waals surface area contributed by atoms with Crippen molar-refractivity contribution >= 4 is 18.3 Å². The van der Waals surface area contributed by atoms with Crippen molar-refractivity contribution in [2.75, 3.05) is 26.2 Å². The summed E-state index contributed by atoms with van der Waals surface area (Å²) in [5.41, 5.74) is 0.634. The number of halogens is 1. The molecule has 0 bridgehead atoms. The maximum atomic E-state index is 12.7. The van der Waals surface area contributed by atoms with E-state index < -0.39 is 0 Å². The molecule has 0 aliphatic carbocycles. The minimum atomic E-state index is -0.0833. The highest BCUT2D eigenvalue weighted by atomic mass is 35.5. The first-order chi connectivity index (χ1) is 9.95. The van der Waals surface area contributed by atoms with Crippen LogP contribution in [0.5, 0.6) is 0 Å². The van der Waals surface area contributed by atoms with Gasteiger partial charge < -0.3 is 10.2 Å². The van der Waals surface area contributed by atoms with Gasteiger partial charge in [-0.2, -0.15) is 5.10 Å². The Bertz CT molecular complexity index is 508. The van der Waals surface area contributed by atoms with E-state index >= 15 is 0 Å². The number of aromatic nitrogens is 2. The molecule has 22 heavy (non-hydrogen) atoms. The largest absolute Gasteiger partial charge is 0.339 e. The summed E-state index contributed by atoms with van der Waals surface area (Å²) in [7, 11) is 0. The molecule has 0 aromatic carbocycles. The molecule has 3 heterocycles. The number of carbonyl (C=O) groups excluding carboxylic acids is 1. The van der Waals surface area contributed by atoms with Gasteiger partial charge in [-0.1, -0.05) is 0 Å². The van der Waals surface area contributed by atoms with Crippen LogP contribution < -0.4 is 5.32 Å². The molecule has 0 saturated carbocycles. The fourth-order valence-corrected chi connectivity index (χ4v) is 3.40. The monoisotopic (exact) mass is 326 g/mol. The molecule has 0 radical (unpaired) electrons. The molecule has 0 unspecified atom stereocenters. The van der Waals surface area contributed by atoms with Crippen molar-refractivity contribution in [3.8, 4) is 0 Å². The van der Waals surface area contributed by atoms with Crippen molar-refractivity contribution in [2.24, 2.45) is 11.8 Å². The summed E-state index contributed by atoms with van der Waals surface area (Å²) in [5, 5.41) is 7.81. The molecule has 2 atom stereocenters. The third kappa shape index (κ3) is 3.46. The molecular formula is C16H27ClN4O. The van der Waals surface area contributed by atoms with Crippen LogP contribution in [0.4, 0.5) is 0 Å². The normalized spacial score (nSPS) is 25.3. The van der Waals surface area contributed by atoms with Crippen LogP contribution in [0.2, 0.25) is 0 Å². The van der Waals surface area contributed by atoms with E-state index in [0.29, 0.717) is 0 Å². The SMILES string of the molecule is CC(C)(C)n1cc(C(=O)N2CC[C@@H]3CNC[C@@H]3CC2)cn1.Cl. The maximum Gasteiger partial charge on any atom is 0.257 e. The fraction of sp³-hybridized carbons (Fsp3) is 0.750. The molecule has 0 spiro atoms. The van der Waals surface area contributed by atoms with Gasteiger partial charge in [-0.3, -0.25) is 9.48 Å². The van der Waals surface area contributed by atoms with Crippen LogP contribution in [0.3, 0.4) is 0 Å². The average molecular weight is 327 g/mol. The minimum Gasteiger partial charge on any atom is -0.339 e. The zero-order valence-corrected chi connectivity index (χ0v) is 14.5. The zero-order valence-electron chi connectivity index (χ0n) is 13.7. The Kier molecular flexibility index (Phi) is 5.17. The lowest BCUT2D eigenvalue weighted by Crippen LogP contribution is -2.32. The Hall–Kier alpha value is -1.07. The summed E-state index contributed by atoms with van der Waals surface area (Å²) in [6, 6.07) is 0. The van der Waals surface area contributed by atoms with E-state index in [0.717, 1.165) is 56.4 Å². The molecule has 5 nitrogen and oxygen atoms in total. The first-order valence-electron chi connectivity index (χ1n) is 8.00. The molecule has 1 aromatic heterocycles. The van der Waals surface area contributed by atoms with Crippen LogP contribution in [-0.4, -0.2) is 46.8 Å². The highest BCUT2D eigenvalue weighted by Crippen LogP contribution is 2.27. The summed E-state index contributed by atoms with van der Waals surface area (Å²) in [6.07, 6.45) is 5.84. The zero-order chi connectivity index (χ0) is 15.0. The molecule has 6 heteroatoms. The minimum absolute atomic E-state index is 0. The Labute approximate surface area is 138 Å². The van der Waals surface area contributed by atoms with Gasteiger partial charge in [0, 0.05) is 19.3 Å². The van der Waals surface area contributed by atoms with Crippen LogP contribution >= 0.6 is 12.4 Å². The lowest BCUT2D eigenvalue weighted by molar-refractivity contribution is 0.0758. The molecule has 1 amide bonds. The first-order valence-corrected chi connectivity index (χ1v) is 8.00. The van der Waals surface area contributed by atoms with Gasteiger partial charge in [-0.25, -0.2) is 0 Å². The molecule has 2 fully saturated rings. The number of nitrogens with zero attached hydrogens (tertiary/aromatic N) is 3.